The van der Waals surface area contributed by atoms with Crippen LogP contribution in [0.5, 0.6) is 0 Å². The van der Waals surface area contributed by atoms with Gasteiger partial charge in [-0.3, -0.25) is 4.57 Å². The summed E-state index contributed by atoms with van der Waals surface area (Å²) in [5.41, 5.74) is -0.504. The summed E-state index contributed by atoms with van der Waals surface area (Å²) < 4.78 is 11.8. The van der Waals surface area contributed by atoms with Crippen LogP contribution in [-0.2, 0) is 4.57 Å². The SMILES string of the molecule is O=P(O)(O)C(C1C=CCCC1)C1C=CCCC1. The Morgan fingerprint density at radius 2 is 1.47 bits per heavy atom. The molecule has 0 aromatic heterocycles. The zero-order valence-electron chi connectivity index (χ0n) is 10.0. The van der Waals surface area contributed by atoms with Crippen molar-refractivity contribution >= 4 is 7.60 Å². The topological polar surface area (TPSA) is 57.5 Å². The van der Waals surface area contributed by atoms with Gasteiger partial charge in [0.1, 0.15) is 0 Å². The summed E-state index contributed by atoms with van der Waals surface area (Å²) in [6.45, 7) is 0. The van der Waals surface area contributed by atoms with Gasteiger partial charge in [0.2, 0.25) is 0 Å². The Hall–Kier alpha value is -0.370. The molecule has 2 aliphatic carbocycles. The summed E-state index contributed by atoms with van der Waals surface area (Å²) in [5.74, 6) is 0.106. The maximum atomic E-state index is 11.8. The lowest BCUT2D eigenvalue weighted by Gasteiger charge is -2.33. The molecule has 2 N–H and O–H groups in total. The highest BCUT2D eigenvalue weighted by molar-refractivity contribution is 7.52. The van der Waals surface area contributed by atoms with Gasteiger partial charge in [-0.05, 0) is 50.4 Å². The highest BCUT2D eigenvalue weighted by Gasteiger charge is 2.40. The molecular formula is C13H21O3P. The van der Waals surface area contributed by atoms with Crippen molar-refractivity contribution in [2.75, 3.05) is 0 Å². The summed E-state index contributed by atoms with van der Waals surface area (Å²) in [6.07, 6.45) is 14.2. The zero-order valence-corrected chi connectivity index (χ0v) is 10.9. The third-order valence-electron chi connectivity index (χ3n) is 3.85. The van der Waals surface area contributed by atoms with Crippen molar-refractivity contribution in [1.82, 2.24) is 0 Å². The lowest BCUT2D eigenvalue weighted by Crippen LogP contribution is -2.29. The number of hydrogen-bond acceptors (Lipinski definition) is 1. The van der Waals surface area contributed by atoms with Crippen LogP contribution in [0.2, 0.25) is 0 Å². The minimum absolute atomic E-state index is 0.0531. The van der Waals surface area contributed by atoms with Crippen molar-refractivity contribution in [3.63, 3.8) is 0 Å². The quantitative estimate of drug-likeness (QED) is 0.602. The van der Waals surface area contributed by atoms with Crippen LogP contribution in [-0.4, -0.2) is 15.4 Å². The zero-order chi connectivity index (χ0) is 12.3. The molecule has 2 rings (SSSR count). The molecule has 0 fully saturated rings. The van der Waals surface area contributed by atoms with Crippen molar-refractivity contribution < 1.29 is 14.4 Å². The first-order valence-corrected chi connectivity index (χ1v) is 8.16. The molecule has 0 saturated heterocycles. The second-order valence-electron chi connectivity index (χ2n) is 5.13. The van der Waals surface area contributed by atoms with Crippen LogP contribution in [0, 0.1) is 11.8 Å². The van der Waals surface area contributed by atoms with E-state index >= 15 is 0 Å². The van der Waals surface area contributed by atoms with Gasteiger partial charge in [-0.15, -0.1) is 0 Å². The van der Waals surface area contributed by atoms with Gasteiger partial charge in [0.05, 0.1) is 5.66 Å². The lowest BCUT2D eigenvalue weighted by molar-refractivity contribution is 0.305. The van der Waals surface area contributed by atoms with Crippen LogP contribution in [0.4, 0.5) is 0 Å². The molecule has 0 aromatic carbocycles. The summed E-state index contributed by atoms with van der Waals surface area (Å²) in [7, 11) is -4.02. The van der Waals surface area contributed by atoms with E-state index in [9.17, 15) is 14.4 Å². The average Bonchev–Trinajstić information content (AvgIpc) is 2.30. The Morgan fingerprint density at radius 1 is 1.00 bits per heavy atom. The van der Waals surface area contributed by atoms with E-state index in [0.29, 0.717) is 0 Å². The monoisotopic (exact) mass is 256 g/mol. The third kappa shape index (κ3) is 3.31. The molecule has 0 radical (unpaired) electrons. The summed E-state index contributed by atoms with van der Waals surface area (Å²) in [4.78, 5) is 19.3. The van der Waals surface area contributed by atoms with Gasteiger partial charge in [0.25, 0.3) is 0 Å². The maximum Gasteiger partial charge on any atom is 0.329 e. The molecule has 0 aromatic rings. The normalized spacial score (nSPS) is 31.4. The van der Waals surface area contributed by atoms with Crippen molar-refractivity contribution in [3.05, 3.63) is 24.3 Å². The Kier molecular flexibility index (Phi) is 4.24. The van der Waals surface area contributed by atoms with Gasteiger partial charge >= 0.3 is 7.60 Å². The van der Waals surface area contributed by atoms with E-state index in [1.807, 2.05) is 12.2 Å². The van der Waals surface area contributed by atoms with Gasteiger partial charge < -0.3 is 9.79 Å². The molecule has 17 heavy (non-hydrogen) atoms. The standard InChI is InChI=1S/C13H21O3P/c14-17(15,16)13(11-7-3-1-4-8-11)12-9-5-2-6-10-12/h3,5,7,9,11-13H,1-2,4,6,8,10H2,(H2,14,15,16). The first-order chi connectivity index (χ1) is 8.09. The molecule has 2 aliphatic rings. The van der Waals surface area contributed by atoms with Crippen LogP contribution in [0.1, 0.15) is 38.5 Å². The largest absolute Gasteiger partial charge is 0.329 e. The van der Waals surface area contributed by atoms with Gasteiger partial charge in [-0.1, -0.05) is 24.3 Å². The van der Waals surface area contributed by atoms with Gasteiger partial charge in [0.15, 0.2) is 0 Å². The van der Waals surface area contributed by atoms with Gasteiger partial charge in [-0.2, -0.15) is 0 Å². The van der Waals surface area contributed by atoms with Crippen molar-refractivity contribution in [3.8, 4) is 0 Å². The molecule has 4 heteroatoms. The number of hydrogen-bond donors (Lipinski definition) is 2. The number of allylic oxidation sites excluding steroid dienone is 4. The van der Waals surface area contributed by atoms with Crippen molar-refractivity contribution in [1.29, 1.82) is 0 Å². The Morgan fingerprint density at radius 3 is 1.76 bits per heavy atom. The van der Waals surface area contributed by atoms with Crippen LogP contribution in [0.15, 0.2) is 24.3 Å². The molecular weight excluding hydrogens is 235 g/mol. The second kappa shape index (κ2) is 5.51. The Balaban J connectivity index is 2.21. The predicted octanol–water partition coefficient (Wildman–Crippen LogP) is 3.25. The Labute approximate surface area is 103 Å². The summed E-state index contributed by atoms with van der Waals surface area (Å²) in [6, 6.07) is 0. The summed E-state index contributed by atoms with van der Waals surface area (Å²) in [5, 5.41) is 0. The van der Waals surface area contributed by atoms with E-state index in [-0.39, 0.29) is 11.8 Å². The average molecular weight is 256 g/mol. The molecule has 2 atom stereocenters. The van der Waals surface area contributed by atoms with E-state index in [1.165, 1.54) is 0 Å². The molecule has 0 bridgehead atoms. The third-order valence-corrected chi connectivity index (χ3v) is 5.39. The molecule has 0 saturated carbocycles. The fourth-order valence-corrected chi connectivity index (χ4v) is 4.56. The van der Waals surface area contributed by atoms with Crippen LogP contribution in [0.3, 0.4) is 0 Å². The highest BCUT2D eigenvalue weighted by Crippen LogP contribution is 2.52. The fourth-order valence-electron chi connectivity index (χ4n) is 3.06. The van der Waals surface area contributed by atoms with Crippen LogP contribution in [0.25, 0.3) is 0 Å². The maximum absolute atomic E-state index is 11.8. The van der Waals surface area contributed by atoms with E-state index in [0.717, 1.165) is 38.5 Å². The van der Waals surface area contributed by atoms with E-state index in [1.54, 1.807) is 0 Å². The molecule has 3 nitrogen and oxygen atoms in total. The highest BCUT2D eigenvalue weighted by atomic mass is 31.2. The van der Waals surface area contributed by atoms with Crippen molar-refractivity contribution in [2.24, 2.45) is 11.8 Å². The van der Waals surface area contributed by atoms with E-state index in [4.69, 9.17) is 0 Å². The minimum Gasteiger partial charge on any atom is -0.324 e. The second-order valence-corrected chi connectivity index (χ2v) is 6.90. The van der Waals surface area contributed by atoms with Gasteiger partial charge in [-0.25, -0.2) is 0 Å². The molecule has 0 aliphatic heterocycles. The fraction of sp³-hybridized carbons (Fsp3) is 0.692. The smallest absolute Gasteiger partial charge is 0.324 e. The van der Waals surface area contributed by atoms with Crippen LogP contribution >= 0.6 is 7.60 Å². The van der Waals surface area contributed by atoms with Crippen LogP contribution < -0.4 is 0 Å². The van der Waals surface area contributed by atoms with Gasteiger partial charge in [0, 0.05) is 0 Å². The minimum atomic E-state index is -4.02. The molecule has 0 heterocycles. The first-order valence-electron chi connectivity index (χ1n) is 6.47. The van der Waals surface area contributed by atoms with E-state index < -0.39 is 13.3 Å². The van der Waals surface area contributed by atoms with E-state index in [2.05, 4.69) is 12.2 Å². The summed E-state index contributed by atoms with van der Waals surface area (Å²) >= 11 is 0. The first kappa shape index (κ1) is 13.1. The predicted molar refractivity (Wildman–Crippen MR) is 68.8 cm³/mol. The molecule has 0 spiro atoms. The molecule has 2 unspecified atom stereocenters. The van der Waals surface area contributed by atoms with Crippen molar-refractivity contribution in [2.45, 2.75) is 44.2 Å². The number of rotatable bonds is 3. The lowest BCUT2D eigenvalue weighted by atomic mass is 9.82. The molecule has 96 valence electrons. The molecule has 0 amide bonds. The Bertz CT molecular complexity index is 332.